The standard InChI is InChI=1S/C13H19BrN4O/c1-5-18-11(12(14)9(3)17-18)7-15-10(4)13-16-6-8(2)19-13/h6,10,15H,5,7H2,1-4H3. The first-order valence-electron chi connectivity index (χ1n) is 6.40. The van der Waals surface area contributed by atoms with E-state index in [4.69, 9.17) is 4.42 Å². The predicted octanol–water partition coefficient (Wildman–Crippen LogP) is 3.12. The Hall–Kier alpha value is -1.14. The number of nitrogens with one attached hydrogen (secondary N) is 1. The first-order valence-corrected chi connectivity index (χ1v) is 7.19. The Balaban J connectivity index is 2.06. The van der Waals surface area contributed by atoms with Crippen LogP contribution in [0.2, 0.25) is 0 Å². The number of oxazole rings is 1. The van der Waals surface area contributed by atoms with Crippen molar-refractivity contribution >= 4 is 15.9 Å². The molecule has 6 heteroatoms. The predicted molar refractivity (Wildman–Crippen MR) is 76.8 cm³/mol. The van der Waals surface area contributed by atoms with Crippen LogP contribution in [0.1, 0.15) is 42.9 Å². The molecule has 1 N–H and O–H groups in total. The Morgan fingerprint density at radius 1 is 1.47 bits per heavy atom. The van der Waals surface area contributed by atoms with E-state index in [2.05, 4.69) is 38.3 Å². The van der Waals surface area contributed by atoms with Gasteiger partial charge in [-0.3, -0.25) is 4.68 Å². The van der Waals surface area contributed by atoms with Gasteiger partial charge in [0.2, 0.25) is 5.89 Å². The minimum atomic E-state index is 0.0705. The number of hydrogen-bond donors (Lipinski definition) is 1. The van der Waals surface area contributed by atoms with E-state index in [1.807, 2.05) is 25.5 Å². The summed E-state index contributed by atoms with van der Waals surface area (Å²) < 4.78 is 8.59. The molecule has 2 aromatic rings. The Labute approximate surface area is 121 Å². The van der Waals surface area contributed by atoms with Gasteiger partial charge in [0.05, 0.1) is 28.1 Å². The van der Waals surface area contributed by atoms with Crippen LogP contribution in [0.4, 0.5) is 0 Å². The van der Waals surface area contributed by atoms with Gasteiger partial charge in [-0.05, 0) is 43.6 Å². The van der Waals surface area contributed by atoms with Gasteiger partial charge < -0.3 is 9.73 Å². The third-order valence-electron chi connectivity index (χ3n) is 3.04. The molecule has 0 aliphatic heterocycles. The highest BCUT2D eigenvalue weighted by Gasteiger charge is 2.15. The van der Waals surface area contributed by atoms with Crippen LogP contribution < -0.4 is 5.32 Å². The van der Waals surface area contributed by atoms with Gasteiger partial charge in [-0.1, -0.05) is 0 Å². The average molecular weight is 327 g/mol. The smallest absolute Gasteiger partial charge is 0.211 e. The molecule has 2 heterocycles. The fourth-order valence-electron chi connectivity index (χ4n) is 1.95. The highest BCUT2D eigenvalue weighted by Crippen LogP contribution is 2.22. The Morgan fingerprint density at radius 2 is 2.21 bits per heavy atom. The van der Waals surface area contributed by atoms with Crippen molar-refractivity contribution in [3.8, 4) is 0 Å². The second-order valence-corrected chi connectivity index (χ2v) is 5.37. The Bertz CT molecular complexity index is 561. The summed E-state index contributed by atoms with van der Waals surface area (Å²) in [6.45, 7) is 9.60. The van der Waals surface area contributed by atoms with Gasteiger partial charge in [0.1, 0.15) is 5.76 Å². The maximum atomic E-state index is 5.52. The van der Waals surface area contributed by atoms with E-state index < -0.39 is 0 Å². The van der Waals surface area contributed by atoms with E-state index in [9.17, 15) is 0 Å². The van der Waals surface area contributed by atoms with E-state index in [-0.39, 0.29) is 6.04 Å². The fourth-order valence-corrected chi connectivity index (χ4v) is 2.37. The molecule has 2 rings (SSSR count). The largest absolute Gasteiger partial charge is 0.444 e. The van der Waals surface area contributed by atoms with Gasteiger partial charge in [0.15, 0.2) is 0 Å². The summed E-state index contributed by atoms with van der Waals surface area (Å²) >= 11 is 3.59. The summed E-state index contributed by atoms with van der Waals surface area (Å²) in [5.41, 5.74) is 2.16. The Kier molecular flexibility index (Phi) is 4.42. The maximum absolute atomic E-state index is 5.52. The monoisotopic (exact) mass is 326 g/mol. The van der Waals surface area contributed by atoms with Crippen molar-refractivity contribution in [2.45, 2.75) is 46.8 Å². The second kappa shape index (κ2) is 5.88. The molecule has 0 aliphatic carbocycles. The molecule has 0 radical (unpaired) electrons. The van der Waals surface area contributed by atoms with Crippen LogP contribution in [0.25, 0.3) is 0 Å². The topological polar surface area (TPSA) is 55.9 Å². The van der Waals surface area contributed by atoms with Gasteiger partial charge in [-0.15, -0.1) is 0 Å². The summed E-state index contributed by atoms with van der Waals surface area (Å²) in [4.78, 5) is 4.23. The lowest BCUT2D eigenvalue weighted by molar-refractivity contribution is 0.397. The van der Waals surface area contributed by atoms with Crippen molar-refractivity contribution in [2.24, 2.45) is 0 Å². The second-order valence-electron chi connectivity index (χ2n) is 4.57. The molecule has 19 heavy (non-hydrogen) atoms. The third-order valence-corrected chi connectivity index (χ3v) is 4.07. The minimum absolute atomic E-state index is 0.0705. The molecule has 2 aromatic heterocycles. The Morgan fingerprint density at radius 3 is 2.79 bits per heavy atom. The molecular formula is C13H19BrN4O. The molecule has 0 spiro atoms. The van der Waals surface area contributed by atoms with Crippen LogP contribution in [0.5, 0.6) is 0 Å². The molecule has 104 valence electrons. The summed E-state index contributed by atoms with van der Waals surface area (Å²) in [5.74, 6) is 1.55. The highest BCUT2D eigenvalue weighted by atomic mass is 79.9. The average Bonchev–Trinajstić information content (AvgIpc) is 2.93. The summed E-state index contributed by atoms with van der Waals surface area (Å²) in [5, 5.41) is 7.88. The molecule has 1 atom stereocenters. The lowest BCUT2D eigenvalue weighted by atomic mass is 10.3. The summed E-state index contributed by atoms with van der Waals surface area (Å²) in [6.07, 6.45) is 1.74. The first kappa shape index (κ1) is 14.3. The van der Waals surface area contributed by atoms with E-state index in [0.29, 0.717) is 5.89 Å². The van der Waals surface area contributed by atoms with Crippen molar-refractivity contribution in [2.75, 3.05) is 0 Å². The van der Waals surface area contributed by atoms with Gasteiger partial charge >= 0.3 is 0 Å². The van der Waals surface area contributed by atoms with Crippen molar-refractivity contribution in [1.29, 1.82) is 0 Å². The maximum Gasteiger partial charge on any atom is 0.211 e. The lowest BCUT2D eigenvalue weighted by Crippen LogP contribution is -2.20. The molecular weight excluding hydrogens is 308 g/mol. The van der Waals surface area contributed by atoms with Gasteiger partial charge in [-0.2, -0.15) is 5.10 Å². The van der Waals surface area contributed by atoms with Crippen LogP contribution in [0.3, 0.4) is 0 Å². The van der Waals surface area contributed by atoms with Crippen molar-refractivity contribution in [1.82, 2.24) is 20.1 Å². The first-order chi connectivity index (χ1) is 9.02. The fraction of sp³-hybridized carbons (Fsp3) is 0.538. The number of rotatable bonds is 5. The van der Waals surface area contributed by atoms with E-state index in [0.717, 1.165) is 34.7 Å². The van der Waals surface area contributed by atoms with Crippen molar-refractivity contribution < 1.29 is 4.42 Å². The molecule has 0 saturated heterocycles. The summed E-state index contributed by atoms with van der Waals surface area (Å²) in [6, 6.07) is 0.0705. The number of hydrogen-bond acceptors (Lipinski definition) is 4. The van der Waals surface area contributed by atoms with Crippen LogP contribution in [0, 0.1) is 13.8 Å². The zero-order valence-electron chi connectivity index (χ0n) is 11.7. The van der Waals surface area contributed by atoms with E-state index in [1.54, 1.807) is 6.20 Å². The van der Waals surface area contributed by atoms with Crippen LogP contribution in [0.15, 0.2) is 15.1 Å². The quantitative estimate of drug-likeness (QED) is 0.917. The van der Waals surface area contributed by atoms with Crippen LogP contribution in [-0.4, -0.2) is 14.8 Å². The van der Waals surface area contributed by atoms with Gasteiger partial charge in [0.25, 0.3) is 0 Å². The summed E-state index contributed by atoms with van der Waals surface area (Å²) in [7, 11) is 0. The molecule has 0 amide bonds. The molecule has 0 bridgehead atoms. The molecule has 5 nitrogen and oxygen atoms in total. The normalized spacial score (nSPS) is 12.9. The van der Waals surface area contributed by atoms with E-state index in [1.165, 1.54) is 0 Å². The molecule has 0 aromatic carbocycles. The molecule has 0 saturated carbocycles. The molecule has 1 unspecified atom stereocenters. The zero-order valence-corrected chi connectivity index (χ0v) is 13.3. The number of nitrogens with zero attached hydrogens (tertiary/aromatic N) is 3. The van der Waals surface area contributed by atoms with Gasteiger partial charge in [0, 0.05) is 13.1 Å². The minimum Gasteiger partial charge on any atom is -0.444 e. The molecule has 0 aliphatic rings. The van der Waals surface area contributed by atoms with Gasteiger partial charge in [-0.25, -0.2) is 4.98 Å². The number of aromatic nitrogens is 3. The SMILES string of the molecule is CCn1nc(C)c(Br)c1CNC(C)c1ncc(C)o1. The highest BCUT2D eigenvalue weighted by molar-refractivity contribution is 9.10. The van der Waals surface area contributed by atoms with Crippen molar-refractivity contribution in [3.63, 3.8) is 0 Å². The number of halogens is 1. The van der Waals surface area contributed by atoms with E-state index >= 15 is 0 Å². The number of aryl methyl sites for hydroxylation is 3. The zero-order chi connectivity index (χ0) is 14.0. The van der Waals surface area contributed by atoms with Crippen LogP contribution in [-0.2, 0) is 13.1 Å². The lowest BCUT2D eigenvalue weighted by Gasteiger charge is -2.11. The molecule has 0 fully saturated rings. The van der Waals surface area contributed by atoms with Crippen molar-refractivity contribution in [3.05, 3.63) is 33.7 Å². The third kappa shape index (κ3) is 3.06. The van der Waals surface area contributed by atoms with Crippen LogP contribution >= 0.6 is 15.9 Å².